The van der Waals surface area contributed by atoms with Crippen LogP contribution in [0.25, 0.3) is 27.7 Å². The van der Waals surface area contributed by atoms with Crippen molar-refractivity contribution in [3.05, 3.63) is 89.5 Å². The number of carbonyl (C=O) groups is 2. The number of hydrogen-bond donors (Lipinski definition) is 2. The van der Waals surface area contributed by atoms with Crippen molar-refractivity contribution < 1.29 is 18.7 Å². The fourth-order valence-electron chi connectivity index (χ4n) is 5.51. The number of fused-ring (bicyclic) bond motifs is 2. The summed E-state index contributed by atoms with van der Waals surface area (Å²) in [5.74, 6) is -0.342. The van der Waals surface area contributed by atoms with Crippen molar-refractivity contribution in [3.63, 3.8) is 0 Å². The lowest BCUT2D eigenvalue weighted by Crippen LogP contribution is -2.49. The first-order chi connectivity index (χ1) is 19.4. The van der Waals surface area contributed by atoms with Crippen LogP contribution in [0.15, 0.2) is 67.0 Å². The first-order valence-corrected chi connectivity index (χ1v) is 13.4. The molecule has 3 aromatic heterocycles. The fraction of sp³-hybridized carbons (Fsp3) is 0.258. The van der Waals surface area contributed by atoms with Gasteiger partial charge < -0.3 is 19.4 Å². The smallest absolute Gasteiger partial charge is 0.251 e. The quantitative estimate of drug-likeness (QED) is 0.301. The van der Waals surface area contributed by atoms with Crippen LogP contribution in [0.1, 0.15) is 41.3 Å². The topological polar surface area (TPSA) is 91.7 Å². The van der Waals surface area contributed by atoms with E-state index in [1.807, 2.05) is 18.3 Å². The van der Waals surface area contributed by atoms with E-state index in [-0.39, 0.29) is 37.4 Å². The summed E-state index contributed by atoms with van der Waals surface area (Å²) in [6, 6.07) is 16.1. The molecule has 2 N–H and O–H groups in total. The lowest BCUT2D eigenvalue weighted by Gasteiger charge is -2.33. The first-order valence-electron chi connectivity index (χ1n) is 13.4. The third-order valence-corrected chi connectivity index (χ3v) is 7.70. The largest absolute Gasteiger partial charge is 0.496 e. The number of rotatable bonds is 7. The molecule has 204 valence electrons. The summed E-state index contributed by atoms with van der Waals surface area (Å²) in [5.41, 5.74) is 5.83. The Morgan fingerprint density at radius 1 is 1.20 bits per heavy atom. The maximum absolute atomic E-state index is 14.5. The summed E-state index contributed by atoms with van der Waals surface area (Å²) in [4.78, 5) is 27.5. The summed E-state index contributed by atoms with van der Waals surface area (Å²) in [6.07, 6.45) is 5.85. The van der Waals surface area contributed by atoms with Crippen LogP contribution in [0.4, 0.5) is 4.39 Å². The number of aryl methyl sites for hydroxylation is 1. The van der Waals surface area contributed by atoms with Gasteiger partial charge in [0.25, 0.3) is 5.91 Å². The molecule has 0 bridgehead atoms. The van der Waals surface area contributed by atoms with Gasteiger partial charge in [0.2, 0.25) is 5.91 Å². The van der Waals surface area contributed by atoms with Crippen LogP contribution in [-0.2, 0) is 17.8 Å². The second-order valence-corrected chi connectivity index (χ2v) is 10.1. The Bertz CT molecular complexity index is 1740. The van der Waals surface area contributed by atoms with Crippen molar-refractivity contribution >= 4 is 28.2 Å². The minimum atomic E-state index is -0.427. The molecule has 0 spiro atoms. The van der Waals surface area contributed by atoms with Gasteiger partial charge in [-0.2, -0.15) is 5.10 Å². The molecule has 0 saturated carbocycles. The van der Waals surface area contributed by atoms with Gasteiger partial charge in [-0.1, -0.05) is 13.0 Å². The zero-order valence-electron chi connectivity index (χ0n) is 22.4. The molecule has 2 aromatic carbocycles. The summed E-state index contributed by atoms with van der Waals surface area (Å²) >= 11 is 0. The third-order valence-electron chi connectivity index (χ3n) is 7.70. The van der Waals surface area contributed by atoms with Crippen LogP contribution >= 0.6 is 0 Å². The summed E-state index contributed by atoms with van der Waals surface area (Å²) in [6.45, 7) is 2.51. The number of pyridine rings is 1. The molecule has 8 nitrogen and oxygen atoms in total. The molecule has 1 fully saturated rings. The maximum atomic E-state index is 14.5. The summed E-state index contributed by atoms with van der Waals surface area (Å²) < 4.78 is 21.9. The van der Waals surface area contributed by atoms with E-state index < -0.39 is 5.82 Å². The number of nitrogens with one attached hydrogen (secondary N) is 2. The number of benzene rings is 2. The fourth-order valence-corrected chi connectivity index (χ4v) is 5.51. The van der Waals surface area contributed by atoms with Crippen molar-refractivity contribution in [1.29, 1.82) is 0 Å². The van der Waals surface area contributed by atoms with Gasteiger partial charge in [-0.05, 0) is 66.9 Å². The van der Waals surface area contributed by atoms with Gasteiger partial charge in [0, 0.05) is 59.0 Å². The number of likely N-dealkylation sites (tertiary alicyclic amines) is 1. The number of halogens is 1. The number of piperidine rings is 1. The summed E-state index contributed by atoms with van der Waals surface area (Å²) in [7, 11) is 1.47. The Morgan fingerprint density at radius 2 is 2.08 bits per heavy atom. The second kappa shape index (κ2) is 10.5. The van der Waals surface area contributed by atoms with Crippen molar-refractivity contribution in [3.8, 4) is 17.0 Å². The highest BCUT2D eigenvalue weighted by atomic mass is 19.1. The van der Waals surface area contributed by atoms with Crippen LogP contribution in [0.5, 0.6) is 5.75 Å². The number of hydrogen-bond acceptors (Lipinski definition) is 4. The van der Waals surface area contributed by atoms with E-state index in [1.165, 1.54) is 24.3 Å². The number of aromatic amines is 1. The molecule has 1 aliphatic rings. The molecule has 1 saturated heterocycles. The van der Waals surface area contributed by atoms with E-state index in [2.05, 4.69) is 51.2 Å². The van der Waals surface area contributed by atoms with Crippen molar-refractivity contribution in [2.24, 2.45) is 0 Å². The third kappa shape index (κ3) is 4.68. The lowest BCUT2D eigenvalue weighted by atomic mass is 10.0. The highest BCUT2D eigenvalue weighted by Gasteiger charge is 2.28. The molecule has 6 rings (SSSR count). The SMILES string of the molecule is CCc1ccn2cc(-c3n[nH]c4ccc(C(=O)NC5CCC(=O)N(Cc6c(F)cccc6OC)C5)cc34)ccc12. The average Bonchev–Trinajstić information content (AvgIpc) is 3.58. The van der Waals surface area contributed by atoms with Crippen molar-refractivity contribution in [2.45, 2.75) is 38.8 Å². The number of methoxy groups -OCH3 is 1. The predicted octanol–water partition coefficient (Wildman–Crippen LogP) is 5.11. The average molecular weight is 540 g/mol. The van der Waals surface area contributed by atoms with Crippen molar-refractivity contribution in [1.82, 2.24) is 24.8 Å². The molecule has 1 aliphatic heterocycles. The van der Waals surface area contributed by atoms with Crippen LogP contribution in [-0.4, -0.2) is 51.0 Å². The molecule has 4 heterocycles. The Balaban J connectivity index is 1.21. The van der Waals surface area contributed by atoms with Gasteiger partial charge in [0.05, 0.1) is 19.2 Å². The standard InChI is InChI=1S/C31H30FN5O3/c1-3-19-13-14-36-16-21(8-11-27(19)36)30-23-15-20(7-10-26(23)34-35-30)31(39)33-22-9-12-29(38)37(17-22)18-24-25(32)5-4-6-28(24)40-2/h4-8,10-11,13-16,22H,3,9,12,17-18H2,1-2H3,(H,33,39)(H,34,35). The van der Waals surface area contributed by atoms with Gasteiger partial charge in [0.15, 0.2) is 0 Å². The zero-order chi connectivity index (χ0) is 27.8. The molecular weight excluding hydrogens is 509 g/mol. The van der Waals surface area contributed by atoms with E-state index in [9.17, 15) is 14.0 Å². The molecule has 0 aliphatic carbocycles. The number of ether oxygens (including phenoxy) is 1. The van der Waals surface area contributed by atoms with Gasteiger partial charge in [0.1, 0.15) is 17.3 Å². The second-order valence-electron chi connectivity index (χ2n) is 10.1. The van der Waals surface area contributed by atoms with E-state index in [0.29, 0.717) is 23.3 Å². The number of H-pyrrole nitrogens is 1. The zero-order valence-corrected chi connectivity index (χ0v) is 22.4. The van der Waals surface area contributed by atoms with E-state index >= 15 is 0 Å². The minimum absolute atomic E-state index is 0.0778. The van der Waals surface area contributed by atoms with Gasteiger partial charge in [-0.15, -0.1) is 0 Å². The Morgan fingerprint density at radius 3 is 2.90 bits per heavy atom. The Hall–Kier alpha value is -4.66. The molecule has 1 unspecified atom stereocenters. The number of nitrogens with zero attached hydrogens (tertiary/aromatic N) is 3. The molecular formula is C31H30FN5O3. The minimum Gasteiger partial charge on any atom is -0.496 e. The molecule has 5 aromatic rings. The van der Waals surface area contributed by atoms with Crippen LogP contribution < -0.4 is 10.1 Å². The normalized spacial score (nSPS) is 15.6. The molecule has 1 atom stereocenters. The van der Waals surface area contributed by atoms with E-state index in [0.717, 1.165) is 28.6 Å². The molecule has 9 heteroatoms. The van der Waals surface area contributed by atoms with E-state index in [1.54, 1.807) is 23.1 Å². The van der Waals surface area contributed by atoms with Gasteiger partial charge in [-0.3, -0.25) is 14.7 Å². The van der Waals surface area contributed by atoms with Gasteiger partial charge >= 0.3 is 0 Å². The lowest BCUT2D eigenvalue weighted by molar-refractivity contribution is -0.134. The van der Waals surface area contributed by atoms with Crippen LogP contribution in [0.3, 0.4) is 0 Å². The van der Waals surface area contributed by atoms with E-state index in [4.69, 9.17) is 4.74 Å². The number of aromatic nitrogens is 3. The predicted molar refractivity (Wildman–Crippen MR) is 151 cm³/mol. The van der Waals surface area contributed by atoms with Crippen LogP contribution in [0, 0.1) is 5.82 Å². The highest BCUT2D eigenvalue weighted by Crippen LogP contribution is 2.29. The molecule has 40 heavy (non-hydrogen) atoms. The first kappa shape index (κ1) is 25.6. The highest BCUT2D eigenvalue weighted by molar-refractivity contribution is 6.01. The summed E-state index contributed by atoms with van der Waals surface area (Å²) in [5, 5.41) is 11.5. The van der Waals surface area contributed by atoms with Crippen LogP contribution in [0.2, 0.25) is 0 Å². The number of amides is 2. The molecule has 2 amide bonds. The van der Waals surface area contributed by atoms with Crippen molar-refractivity contribution in [2.75, 3.05) is 13.7 Å². The monoisotopic (exact) mass is 539 g/mol. The molecule has 0 radical (unpaired) electrons. The maximum Gasteiger partial charge on any atom is 0.251 e. The Kier molecular flexibility index (Phi) is 6.71. The Labute approximate surface area is 230 Å². The number of carbonyl (C=O) groups excluding carboxylic acids is 2. The van der Waals surface area contributed by atoms with Gasteiger partial charge in [-0.25, -0.2) is 4.39 Å².